The van der Waals surface area contributed by atoms with Gasteiger partial charge in [-0.3, -0.25) is 4.79 Å². The zero-order valence-electron chi connectivity index (χ0n) is 12.8. The highest BCUT2D eigenvalue weighted by molar-refractivity contribution is 5.76. The van der Waals surface area contributed by atoms with Crippen molar-refractivity contribution in [3.05, 3.63) is 0 Å². The summed E-state index contributed by atoms with van der Waals surface area (Å²) in [4.78, 5) is 12.1. The number of carbonyl (C=O) groups is 1. The lowest BCUT2D eigenvalue weighted by molar-refractivity contribution is -0.122. The van der Waals surface area contributed by atoms with Gasteiger partial charge in [-0.05, 0) is 61.9 Å². The van der Waals surface area contributed by atoms with Crippen molar-refractivity contribution in [2.75, 3.05) is 19.6 Å². The molecule has 3 heteroatoms. The van der Waals surface area contributed by atoms with Crippen molar-refractivity contribution in [2.45, 2.75) is 52.9 Å². The Hall–Kier alpha value is -0.570. The van der Waals surface area contributed by atoms with Crippen molar-refractivity contribution >= 4 is 5.91 Å². The number of nitrogens with one attached hydrogen (secondary N) is 2. The fourth-order valence-corrected chi connectivity index (χ4v) is 3.29. The molecular formula is C16H30N2O. The Morgan fingerprint density at radius 2 is 2.11 bits per heavy atom. The van der Waals surface area contributed by atoms with Crippen molar-refractivity contribution in [2.24, 2.45) is 23.2 Å². The molecule has 2 fully saturated rings. The van der Waals surface area contributed by atoms with Gasteiger partial charge in [-0.1, -0.05) is 20.8 Å². The van der Waals surface area contributed by atoms with E-state index >= 15 is 0 Å². The second-order valence-electron chi connectivity index (χ2n) is 7.08. The molecule has 1 amide bonds. The van der Waals surface area contributed by atoms with E-state index in [4.69, 9.17) is 0 Å². The Kier molecular flexibility index (Phi) is 4.88. The van der Waals surface area contributed by atoms with Crippen LogP contribution in [0.15, 0.2) is 0 Å². The fraction of sp³-hybridized carbons (Fsp3) is 0.938. The van der Waals surface area contributed by atoms with Crippen LogP contribution in [0.4, 0.5) is 0 Å². The summed E-state index contributed by atoms with van der Waals surface area (Å²) in [6, 6.07) is 0. The monoisotopic (exact) mass is 266 g/mol. The average molecular weight is 266 g/mol. The summed E-state index contributed by atoms with van der Waals surface area (Å²) < 4.78 is 0. The van der Waals surface area contributed by atoms with Gasteiger partial charge in [0.25, 0.3) is 0 Å². The molecule has 1 aliphatic heterocycles. The number of rotatable bonds is 6. The molecule has 3 nitrogen and oxygen atoms in total. The highest BCUT2D eigenvalue weighted by atomic mass is 16.1. The molecule has 0 aromatic heterocycles. The number of piperidine rings is 1. The van der Waals surface area contributed by atoms with E-state index in [0.29, 0.717) is 29.6 Å². The summed E-state index contributed by atoms with van der Waals surface area (Å²) >= 11 is 0. The van der Waals surface area contributed by atoms with Crippen LogP contribution in [0, 0.1) is 23.2 Å². The van der Waals surface area contributed by atoms with Gasteiger partial charge < -0.3 is 10.6 Å². The van der Waals surface area contributed by atoms with Crippen molar-refractivity contribution in [1.29, 1.82) is 0 Å². The Labute approximate surface area is 117 Å². The lowest BCUT2D eigenvalue weighted by Gasteiger charge is -2.28. The molecule has 110 valence electrons. The van der Waals surface area contributed by atoms with E-state index in [0.717, 1.165) is 19.6 Å². The Bertz CT molecular complexity index is 304. The number of hydrogen-bond acceptors (Lipinski definition) is 2. The van der Waals surface area contributed by atoms with E-state index in [1.165, 1.54) is 25.7 Å². The van der Waals surface area contributed by atoms with Crippen LogP contribution in [-0.4, -0.2) is 25.5 Å². The van der Waals surface area contributed by atoms with E-state index in [-0.39, 0.29) is 5.91 Å². The van der Waals surface area contributed by atoms with Gasteiger partial charge in [0.05, 0.1) is 0 Å². The number of hydrogen-bond donors (Lipinski definition) is 2. The van der Waals surface area contributed by atoms with Gasteiger partial charge in [0, 0.05) is 13.0 Å². The molecule has 0 bridgehead atoms. The molecule has 0 radical (unpaired) electrons. The largest absolute Gasteiger partial charge is 0.356 e. The van der Waals surface area contributed by atoms with Gasteiger partial charge in [0.2, 0.25) is 5.91 Å². The van der Waals surface area contributed by atoms with Crippen LogP contribution < -0.4 is 10.6 Å². The molecule has 2 atom stereocenters. The number of carbonyl (C=O) groups excluding carboxylic acids is 1. The minimum Gasteiger partial charge on any atom is -0.356 e. The fourth-order valence-electron chi connectivity index (χ4n) is 3.29. The third-order valence-electron chi connectivity index (χ3n) is 5.40. The van der Waals surface area contributed by atoms with Crippen LogP contribution in [0.25, 0.3) is 0 Å². The van der Waals surface area contributed by atoms with Crippen LogP contribution >= 0.6 is 0 Å². The predicted octanol–water partition coefficient (Wildman–Crippen LogP) is 2.56. The number of amides is 1. The first kappa shape index (κ1) is 14.8. The van der Waals surface area contributed by atoms with Crippen LogP contribution in [0.2, 0.25) is 0 Å². The molecule has 2 rings (SSSR count). The highest BCUT2D eigenvalue weighted by Gasteiger charge is 2.45. The molecule has 1 saturated heterocycles. The first-order valence-electron chi connectivity index (χ1n) is 8.01. The first-order chi connectivity index (χ1) is 9.03. The Balaban J connectivity index is 1.69. The topological polar surface area (TPSA) is 41.1 Å². The molecule has 0 spiro atoms. The molecule has 1 saturated carbocycles. The van der Waals surface area contributed by atoms with Gasteiger partial charge in [-0.25, -0.2) is 0 Å². The molecule has 2 unspecified atom stereocenters. The van der Waals surface area contributed by atoms with Crippen molar-refractivity contribution in [1.82, 2.24) is 10.6 Å². The van der Waals surface area contributed by atoms with E-state index < -0.39 is 0 Å². The van der Waals surface area contributed by atoms with Gasteiger partial charge in [0.15, 0.2) is 0 Å². The van der Waals surface area contributed by atoms with Crippen LogP contribution in [0.1, 0.15) is 52.9 Å². The summed E-state index contributed by atoms with van der Waals surface area (Å²) in [5.74, 6) is 2.12. The quantitative estimate of drug-likeness (QED) is 0.776. The van der Waals surface area contributed by atoms with Gasteiger partial charge in [-0.15, -0.1) is 0 Å². The van der Waals surface area contributed by atoms with Crippen LogP contribution in [0.3, 0.4) is 0 Å². The average Bonchev–Trinajstić information content (AvgIpc) is 3.18. The maximum atomic E-state index is 12.1. The van der Waals surface area contributed by atoms with Gasteiger partial charge >= 0.3 is 0 Å². The Morgan fingerprint density at radius 3 is 2.63 bits per heavy atom. The molecule has 0 aromatic rings. The summed E-state index contributed by atoms with van der Waals surface area (Å²) in [5, 5.41) is 6.62. The molecular weight excluding hydrogens is 236 g/mol. The first-order valence-corrected chi connectivity index (χ1v) is 8.01. The summed E-state index contributed by atoms with van der Waals surface area (Å²) in [6.45, 7) is 9.90. The highest BCUT2D eigenvalue weighted by Crippen LogP contribution is 2.51. The van der Waals surface area contributed by atoms with E-state index in [1.54, 1.807) is 0 Å². The van der Waals surface area contributed by atoms with E-state index in [9.17, 15) is 4.79 Å². The Morgan fingerprint density at radius 1 is 1.37 bits per heavy atom. The third-order valence-corrected chi connectivity index (χ3v) is 5.40. The van der Waals surface area contributed by atoms with Gasteiger partial charge in [0.1, 0.15) is 0 Å². The zero-order valence-corrected chi connectivity index (χ0v) is 12.8. The maximum Gasteiger partial charge on any atom is 0.220 e. The van der Waals surface area contributed by atoms with Gasteiger partial charge in [-0.2, -0.15) is 0 Å². The predicted molar refractivity (Wildman–Crippen MR) is 78.9 cm³/mol. The second kappa shape index (κ2) is 6.25. The van der Waals surface area contributed by atoms with E-state index in [2.05, 4.69) is 31.4 Å². The minimum atomic E-state index is 0.255. The molecule has 19 heavy (non-hydrogen) atoms. The molecule has 0 aromatic carbocycles. The SMILES string of the molecule is CC(CC(=O)NCC1(C(C)C)CC1)C1CCCNC1. The minimum absolute atomic E-state index is 0.255. The van der Waals surface area contributed by atoms with Crippen LogP contribution in [0.5, 0.6) is 0 Å². The molecule has 1 heterocycles. The summed E-state index contributed by atoms with van der Waals surface area (Å²) in [7, 11) is 0. The van der Waals surface area contributed by atoms with E-state index in [1.807, 2.05) is 0 Å². The molecule has 2 aliphatic rings. The molecule has 2 N–H and O–H groups in total. The van der Waals surface area contributed by atoms with Crippen molar-refractivity contribution < 1.29 is 4.79 Å². The normalized spacial score (nSPS) is 27.1. The standard InChI is InChI=1S/C16H30N2O/c1-12(2)16(6-7-16)11-18-15(19)9-13(3)14-5-4-8-17-10-14/h12-14,17H,4-11H2,1-3H3,(H,18,19). The van der Waals surface area contributed by atoms with Crippen molar-refractivity contribution in [3.8, 4) is 0 Å². The van der Waals surface area contributed by atoms with Crippen LogP contribution in [-0.2, 0) is 4.79 Å². The lowest BCUT2D eigenvalue weighted by Crippen LogP contribution is -2.37. The summed E-state index contributed by atoms with van der Waals surface area (Å²) in [6.07, 6.45) is 5.80. The smallest absolute Gasteiger partial charge is 0.220 e. The third kappa shape index (κ3) is 3.95. The molecule has 1 aliphatic carbocycles. The maximum absolute atomic E-state index is 12.1. The zero-order chi connectivity index (χ0) is 13.9. The summed E-state index contributed by atoms with van der Waals surface area (Å²) in [5.41, 5.74) is 0.422. The second-order valence-corrected chi connectivity index (χ2v) is 7.08. The lowest BCUT2D eigenvalue weighted by atomic mass is 9.85. The van der Waals surface area contributed by atoms with Crippen molar-refractivity contribution in [3.63, 3.8) is 0 Å².